The Hall–Kier alpha value is -0.800. The van der Waals surface area contributed by atoms with Gasteiger partial charge >= 0.3 is 6.09 Å². The first kappa shape index (κ1) is 13.2. The summed E-state index contributed by atoms with van der Waals surface area (Å²) in [5.41, 5.74) is -0.534. The number of nitrogens with one attached hydrogen (secondary N) is 1. The molecule has 0 radical (unpaired) electrons. The highest BCUT2D eigenvalue weighted by Gasteiger charge is 2.18. The summed E-state index contributed by atoms with van der Waals surface area (Å²) < 4.78 is 18.0. The zero-order chi connectivity index (χ0) is 11.4. The zero-order valence-electron chi connectivity index (χ0n) is 9.56. The van der Waals surface area contributed by atoms with Crippen LogP contribution in [-0.4, -0.2) is 24.4 Å². The fraction of sp³-hybridized carbons (Fsp3) is 0.900. The van der Waals surface area contributed by atoms with Crippen molar-refractivity contribution < 1.29 is 13.9 Å². The third-order valence-electron chi connectivity index (χ3n) is 1.56. The molecule has 0 rings (SSSR count). The molecule has 0 saturated heterocycles. The molecule has 0 aliphatic heterocycles. The van der Waals surface area contributed by atoms with Crippen molar-refractivity contribution in [1.82, 2.24) is 5.32 Å². The van der Waals surface area contributed by atoms with Gasteiger partial charge in [0.1, 0.15) is 11.8 Å². The van der Waals surface area contributed by atoms with Gasteiger partial charge in [0, 0.05) is 0 Å². The minimum Gasteiger partial charge on any atom is -0.444 e. The third kappa shape index (κ3) is 6.69. The van der Waals surface area contributed by atoms with Gasteiger partial charge in [-0.05, 0) is 26.7 Å². The lowest BCUT2D eigenvalue weighted by molar-refractivity contribution is 0.0507. The van der Waals surface area contributed by atoms with Crippen molar-refractivity contribution in [3.05, 3.63) is 0 Å². The normalized spacial score (nSPS) is 13.9. The number of alkyl halides is 1. The Kier molecular flexibility index (Phi) is 4.88. The van der Waals surface area contributed by atoms with E-state index in [4.69, 9.17) is 4.74 Å². The third-order valence-corrected chi connectivity index (χ3v) is 1.56. The Bertz CT molecular complexity index is 187. The second-order valence-corrected chi connectivity index (χ2v) is 4.64. The smallest absolute Gasteiger partial charge is 0.407 e. The maximum Gasteiger partial charge on any atom is 0.407 e. The van der Waals surface area contributed by atoms with E-state index in [-0.39, 0.29) is 12.5 Å². The van der Waals surface area contributed by atoms with E-state index in [0.717, 1.165) is 0 Å². The summed E-state index contributed by atoms with van der Waals surface area (Å²) in [6.45, 7) is 8.83. The van der Waals surface area contributed by atoms with Crippen LogP contribution in [0.4, 0.5) is 9.18 Å². The van der Waals surface area contributed by atoms with Gasteiger partial charge in [-0.1, -0.05) is 13.8 Å². The van der Waals surface area contributed by atoms with Crippen LogP contribution >= 0.6 is 0 Å². The summed E-state index contributed by atoms with van der Waals surface area (Å²) in [6, 6.07) is 0. The van der Waals surface area contributed by atoms with Gasteiger partial charge < -0.3 is 10.1 Å². The lowest BCUT2D eigenvalue weighted by atomic mass is 10.1. The SMILES string of the molecule is CC(C)[C@H](F)CNC(=O)OC(C)(C)C. The monoisotopic (exact) mass is 205 g/mol. The number of halogens is 1. The van der Waals surface area contributed by atoms with Crippen LogP contribution in [0.15, 0.2) is 0 Å². The van der Waals surface area contributed by atoms with Gasteiger partial charge in [0.2, 0.25) is 0 Å². The molecule has 84 valence electrons. The van der Waals surface area contributed by atoms with Gasteiger partial charge in [-0.15, -0.1) is 0 Å². The zero-order valence-corrected chi connectivity index (χ0v) is 9.56. The van der Waals surface area contributed by atoms with Gasteiger partial charge in [-0.3, -0.25) is 0 Å². The minimum atomic E-state index is -1.03. The number of carbonyl (C=O) groups excluding carboxylic acids is 1. The molecule has 3 nitrogen and oxygen atoms in total. The second kappa shape index (κ2) is 5.17. The first-order valence-corrected chi connectivity index (χ1v) is 4.83. The molecule has 0 aromatic rings. The number of ether oxygens (including phenoxy) is 1. The second-order valence-electron chi connectivity index (χ2n) is 4.64. The first-order valence-electron chi connectivity index (χ1n) is 4.83. The molecule has 0 spiro atoms. The molecular formula is C10H20FNO2. The summed E-state index contributed by atoms with van der Waals surface area (Å²) in [4.78, 5) is 11.1. The van der Waals surface area contributed by atoms with Gasteiger partial charge in [-0.25, -0.2) is 9.18 Å². The van der Waals surface area contributed by atoms with E-state index in [0.29, 0.717) is 0 Å². The average molecular weight is 205 g/mol. The number of amides is 1. The quantitative estimate of drug-likeness (QED) is 0.768. The molecule has 1 amide bonds. The number of hydrogen-bond acceptors (Lipinski definition) is 2. The summed E-state index contributed by atoms with van der Waals surface area (Å²) in [5, 5.41) is 2.38. The summed E-state index contributed by atoms with van der Waals surface area (Å²) >= 11 is 0. The number of alkyl carbamates (subject to hydrolysis) is 1. The number of rotatable bonds is 3. The van der Waals surface area contributed by atoms with E-state index in [1.165, 1.54) is 0 Å². The van der Waals surface area contributed by atoms with Gasteiger partial charge in [-0.2, -0.15) is 0 Å². The van der Waals surface area contributed by atoms with E-state index in [1.807, 2.05) is 0 Å². The molecule has 14 heavy (non-hydrogen) atoms. The fourth-order valence-corrected chi connectivity index (χ4v) is 0.731. The van der Waals surface area contributed by atoms with E-state index >= 15 is 0 Å². The van der Waals surface area contributed by atoms with Crippen LogP contribution < -0.4 is 5.32 Å². The van der Waals surface area contributed by atoms with Crippen molar-refractivity contribution in [1.29, 1.82) is 0 Å². The topological polar surface area (TPSA) is 38.3 Å². The van der Waals surface area contributed by atoms with Crippen LogP contribution in [-0.2, 0) is 4.74 Å². The van der Waals surface area contributed by atoms with Crippen LogP contribution in [0.25, 0.3) is 0 Å². The number of hydrogen-bond donors (Lipinski definition) is 1. The van der Waals surface area contributed by atoms with E-state index in [1.54, 1.807) is 34.6 Å². The molecule has 0 fully saturated rings. The molecule has 0 aromatic carbocycles. The van der Waals surface area contributed by atoms with Crippen molar-refractivity contribution in [3.8, 4) is 0 Å². The summed E-state index contributed by atoms with van der Waals surface area (Å²) in [7, 11) is 0. The lowest BCUT2D eigenvalue weighted by Gasteiger charge is -2.20. The van der Waals surface area contributed by atoms with Crippen molar-refractivity contribution in [2.75, 3.05) is 6.54 Å². The van der Waals surface area contributed by atoms with Crippen LogP contribution in [0.2, 0.25) is 0 Å². The highest BCUT2D eigenvalue weighted by atomic mass is 19.1. The molecular weight excluding hydrogens is 185 g/mol. The molecule has 1 atom stereocenters. The van der Waals surface area contributed by atoms with Crippen LogP contribution in [0.1, 0.15) is 34.6 Å². The highest BCUT2D eigenvalue weighted by molar-refractivity contribution is 5.67. The molecule has 0 aliphatic rings. The Morgan fingerprint density at radius 2 is 1.93 bits per heavy atom. The standard InChI is InChI=1S/C10H20FNO2/c1-7(2)8(11)6-12-9(13)14-10(3,4)5/h7-8H,6H2,1-5H3,(H,12,13)/t8-/m1/s1. The van der Waals surface area contributed by atoms with Crippen LogP contribution in [0.5, 0.6) is 0 Å². The predicted octanol–water partition coefficient (Wildman–Crippen LogP) is 2.51. The molecule has 0 heterocycles. The molecule has 0 aliphatic carbocycles. The van der Waals surface area contributed by atoms with E-state index < -0.39 is 17.9 Å². The van der Waals surface area contributed by atoms with Crippen molar-refractivity contribution in [3.63, 3.8) is 0 Å². The largest absolute Gasteiger partial charge is 0.444 e. The molecule has 1 N–H and O–H groups in total. The molecule has 0 bridgehead atoms. The van der Waals surface area contributed by atoms with E-state index in [2.05, 4.69) is 5.32 Å². The summed E-state index contributed by atoms with van der Waals surface area (Å²) in [6.07, 6.45) is -1.59. The van der Waals surface area contributed by atoms with Gasteiger partial charge in [0.25, 0.3) is 0 Å². The summed E-state index contributed by atoms with van der Waals surface area (Å²) in [5.74, 6) is -0.0927. The maximum absolute atomic E-state index is 13.0. The Labute approximate surface area is 85.0 Å². The Morgan fingerprint density at radius 1 is 1.43 bits per heavy atom. The molecule has 0 saturated carbocycles. The van der Waals surface area contributed by atoms with Crippen LogP contribution in [0, 0.1) is 5.92 Å². The Balaban J connectivity index is 3.75. The fourth-order valence-electron chi connectivity index (χ4n) is 0.731. The highest BCUT2D eigenvalue weighted by Crippen LogP contribution is 2.07. The average Bonchev–Trinajstić information content (AvgIpc) is 1.96. The van der Waals surface area contributed by atoms with Gasteiger partial charge in [0.15, 0.2) is 0 Å². The molecule has 0 aromatic heterocycles. The first-order chi connectivity index (χ1) is 6.22. The molecule has 4 heteroatoms. The van der Waals surface area contributed by atoms with Crippen molar-refractivity contribution in [2.45, 2.75) is 46.4 Å². The minimum absolute atomic E-state index is 0.00653. The van der Waals surface area contributed by atoms with Gasteiger partial charge in [0.05, 0.1) is 6.54 Å². The Morgan fingerprint density at radius 3 is 2.29 bits per heavy atom. The molecule has 0 unspecified atom stereocenters. The lowest BCUT2D eigenvalue weighted by Crippen LogP contribution is -2.37. The van der Waals surface area contributed by atoms with Crippen LogP contribution in [0.3, 0.4) is 0 Å². The maximum atomic E-state index is 13.0. The number of carbonyl (C=O) groups is 1. The van der Waals surface area contributed by atoms with Crippen molar-refractivity contribution >= 4 is 6.09 Å². The predicted molar refractivity (Wildman–Crippen MR) is 54.0 cm³/mol. The van der Waals surface area contributed by atoms with E-state index in [9.17, 15) is 9.18 Å². The van der Waals surface area contributed by atoms with Crippen molar-refractivity contribution in [2.24, 2.45) is 5.92 Å².